The number of amides is 3. The monoisotopic (exact) mass is 461 g/mol. The molecular formula is C22H31N5O4S. The van der Waals surface area contributed by atoms with Crippen molar-refractivity contribution in [2.24, 2.45) is 0 Å². The molecule has 0 bridgehead atoms. The van der Waals surface area contributed by atoms with Gasteiger partial charge >= 0.3 is 6.03 Å². The minimum Gasteiger partial charge on any atom is -0.349 e. The van der Waals surface area contributed by atoms with Crippen molar-refractivity contribution in [1.29, 1.82) is 0 Å². The molecule has 2 aromatic rings. The molecular weight excluding hydrogens is 430 g/mol. The first kappa shape index (κ1) is 25.3. The molecule has 0 radical (unpaired) electrons. The van der Waals surface area contributed by atoms with Crippen LogP contribution in [-0.2, 0) is 21.4 Å². The average Bonchev–Trinajstić information content (AvgIpc) is 2.78. The fraction of sp³-hybridized carbons (Fsp3) is 0.409. The summed E-state index contributed by atoms with van der Waals surface area (Å²) in [5, 5.41) is 5.40. The zero-order valence-electron chi connectivity index (χ0n) is 18.7. The van der Waals surface area contributed by atoms with E-state index >= 15 is 0 Å². The van der Waals surface area contributed by atoms with Gasteiger partial charge in [-0.3, -0.25) is 9.78 Å². The fourth-order valence-electron chi connectivity index (χ4n) is 2.85. The van der Waals surface area contributed by atoms with Crippen LogP contribution in [0.2, 0.25) is 0 Å². The van der Waals surface area contributed by atoms with Crippen molar-refractivity contribution >= 4 is 27.6 Å². The third-order valence-corrected chi connectivity index (χ3v) is 6.67. The Morgan fingerprint density at radius 1 is 1.06 bits per heavy atom. The van der Waals surface area contributed by atoms with Gasteiger partial charge in [-0.15, -0.1) is 0 Å². The second-order valence-electron chi connectivity index (χ2n) is 7.49. The lowest BCUT2D eigenvalue weighted by molar-refractivity contribution is -0.128. The first-order valence-electron chi connectivity index (χ1n) is 10.5. The van der Waals surface area contributed by atoms with Gasteiger partial charge in [0.05, 0.1) is 4.90 Å². The molecule has 1 heterocycles. The number of carbonyl (C=O) groups is 2. The van der Waals surface area contributed by atoms with Gasteiger partial charge in [0.25, 0.3) is 0 Å². The molecule has 1 aromatic carbocycles. The number of urea groups is 1. The summed E-state index contributed by atoms with van der Waals surface area (Å²) in [6, 6.07) is 9.23. The molecule has 0 spiro atoms. The summed E-state index contributed by atoms with van der Waals surface area (Å²) in [7, 11) is -0.469. The normalized spacial score (nSPS) is 11.2. The van der Waals surface area contributed by atoms with Crippen LogP contribution in [0, 0.1) is 0 Å². The Labute approximate surface area is 189 Å². The van der Waals surface area contributed by atoms with E-state index in [0.29, 0.717) is 25.2 Å². The van der Waals surface area contributed by atoms with Crippen LogP contribution >= 0.6 is 0 Å². The minimum absolute atomic E-state index is 0.118. The summed E-state index contributed by atoms with van der Waals surface area (Å²) in [6.07, 6.45) is 4.97. The number of anilines is 1. The van der Waals surface area contributed by atoms with Crippen LogP contribution in [-0.4, -0.2) is 61.7 Å². The van der Waals surface area contributed by atoms with Crippen LogP contribution in [0.3, 0.4) is 0 Å². The quantitative estimate of drug-likeness (QED) is 0.534. The third-order valence-electron chi connectivity index (χ3n) is 4.76. The summed E-state index contributed by atoms with van der Waals surface area (Å²) in [4.78, 5) is 29.6. The highest BCUT2D eigenvalue weighted by Crippen LogP contribution is 2.19. The number of sulfonamides is 1. The number of nitrogens with zero attached hydrogens (tertiary/aromatic N) is 3. The maximum absolute atomic E-state index is 13.1. The summed E-state index contributed by atoms with van der Waals surface area (Å²) in [5.74, 6) is -0.126. The molecule has 2 N–H and O–H groups in total. The minimum atomic E-state index is -3.76. The molecule has 9 nitrogen and oxygen atoms in total. The van der Waals surface area contributed by atoms with Crippen molar-refractivity contribution in [1.82, 2.24) is 19.5 Å². The highest BCUT2D eigenvalue weighted by Gasteiger charge is 2.25. The predicted octanol–water partition coefficient (Wildman–Crippen LogP) is 2.67. The Balaban J connectivity index is 2.02. The third kappa shape index (κ3) is 7.61. The molecule has 0 unspecified atom stereocenters. The molecule has 1 aromatic heterocycles. The van der Waals surface area contributed by atoms with E-state index in [2.05, 4.69) is 15.6 Å². The Bertz CT molecular complexity index is 979. The first-order chi connectivity index (χ1) is 15.2. The Kier molecular flexibility index (Phi) is 9.61. The SMILES string of the molecule is CCCCN(CCC(=O)N(C)C)S(=O)(=O)c1ccc(NC(=O)NCc2cccnc2)cc1. The zero-order valence-corrected chi connectivity index (χ0v) is 19.6. The Hall–Kier alpha value is -2.98. The molecule has 10 heteroatoms. The van der Waals surface area contributed by atoms with Crippen LogP contribution in [0.4, 0.5) is 10.5 Å². The van der Waals surface area contributed by atoms with Gasteiger partial charge < -0.3 is 15.5 Å². The molecule has 0 aliphatic rings. The molecule has 0 aliphatic heterocycles. The summed E-state index contributed by atoms with van der Waals surface area (Å²) >= 11 is 0. The van der Waals surface area contributed by atoms with Crippen molar-refractivity contribution < 1.29 is 18.0 Å². The lowest BCUT2D eigenvalue weighted by Crippen LogP contribution is -2.35. The number of hydrogen-bond donors (Lipinski definition) is 2. The standard InChI is InChI=1S/C22H31N5O4S/c1-4-5-14-27(15-12-21(28)26(2)3)32(30,31)20-10-8-19(9-11-20)25-22(29)24-17-18-7-6-13-23-16-18/h6-11,13,16H,4-5,12,14-15,17H2,1-3H3,(H2,24,25,29). The molecule has 0 fully saturated rings. The maximum Gasteiger partial charge on any atom is 0.319 e. The molecule has 0 saturated heterocycles. The smallest absolute Gasteiger partial charge is 0.319 e. The second kappa shape index (κ2) is 12.2. The van der Waals surface area contributed by atoms with Gasteiger partial charge in [-0.25, -0.2) is 13.2 Å². The van der Waals surface area contributed by atoms with Gasteiger partial charge in [0.15, 0.2) is 0 Å². The number of pyridine rings is 1. The van der Waals surface area contributed by atoms with Crippen molar-refractivity contribution in [2.45, 2.75) is 37.6 Å². The highest BCUT2D eigenvalue weighted by atomic mass is 32.2. The van der Waals surface area contributed by atoms with Gasteiger partial charge in [-0.1, -0.05) is 19.4 Å². The molecule has 0 saturated carbocycles. The van der Waals surface area contributed by atoms with Crippen molar-refractivity contribution in [2.75, 3.05) is 32.5 Å². The van der Waals surface area contributed by atoms with Crippen LogP contribution in [0.1, 0.15) is 31.7 Å². The summed E-state index contributed by atoms with van der Waals surface area (Å²) in [6.45, 7) is 2.77. The molecule has 32 heavy (non-hydrogen) atoms. The Morgan fingerprint density at radius 3 is 2.38 bits per heavy atom. The predicted molar refractivity (Wildman–Crippen MR) is 124 cm³/mol. The lowest BCUT2D eigenvalue weighted by atomic mass is 10.3. The van der Waals surface area contributed by atoms with E-state index in [9.17, 15) is 18.0 Å². The number of unbranched alkanes of at least 4 members (excludes halogenated alkanes) is 1. The van der Waals surface area contributed by atoms with E-state index in [-0.39, 0.29) is 23.8 Å². The van der Waals surface area contributed by atoms with Crippen LogP contribution in [0.25, 0.3) is 0 Å². The number of hydrogen-bond acceptors (Lipinski definition) is 5. The van der Waals surface area contributed by atoms with Crippen LogP contribution in [0.5, 0.6) is 0 Å². The highest BCUT2D eigenvalue weighted by molar-refractivity contribution is 7.89. The lowest BCUT2D eigenvalue weighted by Gasteiger charge is -2.23. The van der Waals surface area contributed by atoms with Crippen molar-refractivity contribution in [3.8, 4) is 0 Å². The number of nitrogens with one attached hydrogen (secondary N) is 2. The summed E-state index contributed by atoms with van der Waals surface area (Å²) < 4.78 is 27.6. The van der Waals surface area contributed by atoms with E-state index in [1.54, 1.807) is 44.7 Å². The van der Waals surface area contributed by atoms with E-state index in [1.807, 2.05) is 13.0 Å². The summed E-state index contributed by atoms with van der Waals surface area (Å²) in [5.41, 5.74) is 1.33. The van der Waals surface area contributed by atoms with E-state index < -0.39 is 16.1 Å². The number of rotatable bonds is 11. The molecule has 174 valence electrons. The number of benzene rings is 1. The molecule has 3 amide bonds. The van der Waals surface area contributed by atoms with Crippen LogP contribution < -0.4 is 10.6 Å². The van der Waals surface area contributed by atoms with Gasteiger partial charge in [0.1, 0.15) is 0 Å². The topological polar surface area (TPSA) is 112 Å². The largest absolute Gasteiger partial charge is 0.349 e. The van der Waals surface area contributed by atoms with Crippen LogP contribution in [0.15, 0.2) is 53.7 Å². The molecule has 2 rings (SSSR count). The molecule has 0 atom stereocenters. The first-order valence-corrected chi connectivity index (χ1v) is 11.9. The zero-order chi connectivity index (χ0) is 23.6. The fourth-order valence-corrected chi connectivity index (χ4v) is 4.33. The van der Waals surface area contributed by atoms with E-state index in [4.69, 9.17) is 0 Å². The maximum atomic E-state index is 13.1. The van der Waals surface area contributed by atoms with Crippen molar-refractivity contribution in [3.63, 3.8) is 0 Å². The van der Waals surface area contributed by atoms with Gasteiger partial charge in [0, 0.05) is 58.2 Å². The van der Waals surface area contributed by atoms with Gasteiger partial charge in [-0.05, 0) is 42.3 Å². The number of aromatic nitrogens is 1. The van der Waals surface area contributed by atoms with Gasteiger partial charge in [0.2, 0.25) is 15.9 Å². The van der Waals surface area contributed by atoms with E-state index in [1.165, 1.54) is 21.3 Å². The second-order valence-corrected chi connectivity index (χ2v) is 9.43. The van der Waals surface area contributed by atoms with Crippen molar-refractivity contribution in [3.05, 3.63) is 54.4 Å². The number of carbonyl (C=O) groups excluding carboxylic acids is 2. The van der Waals surface area contributed by atoms with Gasteiger partial charge in [-0.2, -0.15) is 4.31 Å². The Morgan fingerprint density at radius 2 is 1.78 bits per heavy atom. The molecule has 0 aliphatic carbocycles. The average molecular weight is 462 g/mol. The van der Waals surface area contributed by atoms with E-state index in [0.717, 1.165) is 12.0 Å².